The van der Waals surface area contributed by atoms with Gasteiger partial charge in [0.25, 0.3) is 0 Å². The highest BCUT2D eigenvalue weighted by atomic mass is 32.2. The predicted molar refractivity (Wildman–Crippen MR) is 64.0 cm³/mol. The zero-order valence-corrected chi connectivity index (χ0v) is 11.2. The Morgan fingerprint density at radius 2 is 2.40 bits per heavy atom. The van der Waals surface area contributed by atoms with Gasteiger partial charge in [0, 0.05) is 6.17 Å². The van der Waals surface area contributed by atoms with E-state index >= 15 is 0 Å². The molecule has 0 aromatic carbocycles. The van der Waals surface area contributed by atoms with Crippen molar-refractivity contribution in [2.75, 3.05) is 0 Å². The van der Waals surface area contributed by atoms with Gasteiger partial charge >= 0.3 is 5.97 Å². The molecule has 10 heteroatoms. The van der Waals surface area contributed by atoms with E-state index in [9.17, 15) is 23.1 Å². The Hall–Kier alpha value is -1.97. The first kappa shape index (κ1) is 10.8. The maximum Gasteiger partial charge on any atom is 0.328 e. The number of β-lactam (4-membered cyclic amide) rings is 1. The van der Waals surface area contributed by atoms with Crippen molar-refractivity contribution in [1.82, 2.24) is 19.9 Å². The first-order chi connectivity index (χ1) is 10.1. The Morgan fingerprint density at radius 3 is 2.90 bits per heavy atom. The molecule has 2 aliphatic heterocycles. The summed E-state index contributed by atoms with van der Waals surface area (Å²) >= 11 is 0. The third-order valence-electron chi connectivity index (χ3n) is 3.89. The smallest absolute Gasteiger partial charge is 0.328 e. The van der Waals surface area contributed by atoms with Gasteiger partial charge in [0.2, 0.25) is 5.91 Å². The van der Waals surface area contributed by atoms with Crippen LogP contribution in [0.1, 0.15) is 16.1 Å². The minimum atomic E-state index is -3.97. The lowest BCUT2D eigenvalue weighted by Crippen LogP contribution is -2.58. The molecule has 1 N–H and O–H groups in total. The maximum atomic E-state index is 12.6. The molecule has 3 rings (SSSR count). The number of hydrogen-bond donors (Lipinski definition) is 1. The molecule has 0 bridgehead atoms. The van der Waals surface area contributed by atoms with E-state index in [1.54, 1.807) is 0 Å². The summed E-state index contributed by atoms with van der Waals surface area (Å²) in [5.74, 6) is -1.96. The highest BCUT2D eigenvalue weighted by Gasteiger charge is 2.70. The lowest BCUT2D eigenvalue weighted by molar-refractivity contribution is -0.157. The van der Waals surface area contributed by atoms with E-state index in [0.29, 0.717) is 0 Å². The average Bonchev–Trinajstić information content (AvgIpc) is 2.78. The summed E-state index contributed by atoms with van der Waals surface area (Å²) in [6, 6.07) is -1.55. The third-order valence-corrected chi connectivity index (χ3v) is 6.65. The minimum absolute atomic E-state index is 0.240. The van der Waals surface area contributed by atoms with Crippen LogP contribution >= 0.6 is 0 Å². The summed E-state index contributed by atoms with van der Waals surface area (Å²) in [4.78, 5) is 24.0. The topological polar surface area (TPSA) is 122 Å². The van der Waals surface area contributed by atoms with Crippen molar-refractivity contribution in [2.45, 2.75) is 36.1 Å². The number of sulfone groups is 1. The number of aromatic nitrogens is 3. The van der Waals surface area contributed by atoms with Crippen molar-refractivity contribution >= 4 is 21.7 Å². The van der Waals surface area contributed by atoms with E-state index in [4.69, 9.17) is 2.74 Å². The zero-order valence-electron chi connectivity index (χ0n) is 12.3. The van der Waals surface area contributed by atoms with Gasteiger partial charge in [0.1, 0.15) is 10.1 Å². The quantitative estimate of drug-likeness (QED) is 0.672. The molecule has 0 radical (unpaired) electrons. The second-order valence-corrected chi connectivity index (χ2v) is 7.60. The summed E-state index contributed by atoms with van der Waals surface area (Å²) in [5, 5.41) is 15.1. The number of hydrogen-bond acceptors (Lipinski definition) is 6. The number of nitrogens with zero attached hydrogens (tertiary/aromatic N) is 4. The van der Waals surface area contributed by atoms with Crippen LogP contribution in [-0.4, -0.2) is 61.5 Å². The normalized spacial score (nSPS) is 36.0. The van der Waals surface area contributed by atoms with Gasteiger partial charge < -0.3 is 10.0 Å². The average molecular weight is 302 g/mol. The Labute approximate surface area is 116 Å². The first-order valence-electron chi connectivity index (χ1n) is 6.75. The molecule has 0 saturated carbocycles. The molecule has 3 atom stereocenters. The van der Waals surface area contributed by atoms with Crippen LogP contribution < -0.4 is 0 Å². The predicted octanol–water partition coefficient (Wildman–Crippen LogP) is -1.52. The van der Waals surface area contributed by atoms with Crippen molar-refractivity contribution in [2.24, 2.45) is 0 Å². The molecular formula is C10H12N4O5S. The number of rotatable bonds is 3. The molecule has 2 saturated heterocycles. The van der Waals surface area contributed by atoms with Gasteiger partial charge in [-0.1, -0.05) is 5.21 Å². The van der Waals surface area contributed by atoms with Gasteiger partial charge in [0.15, 0.2) is 15.9 Å². The second-order valence-electron chi connectivity index (χ2n) is 5.03. The molecular weight excluding hydrogens is 288 g/mol. The summed E-state index contributed by atoms with van der Waals surface area (Å²) in [7, 11) is -3.97. The molecule has 1 aromatic heterocycles. The number of carbonyl (C=O) groups is 2. The monoisotopic (exact) mass is 302 g/mol. The molecule has 1 aromatic rings. The Bertz CT molecular complexity index is 793. The number of carboxylic acids is 1. The van der Waals surface area contributed by atoms with Crippen molar-refractivity contribution in [3.05, 3.63) is 12.3 Å². The lowest BCUT2D eigenvalue weighted by Gasteiger charge is -2.35. The standard InChI is InChI=1S/C10H12N4O5S/c1-10(5-13-3-2-11-12-13)8(9(16)17)14-6(15)4-7(14)20(10,18)19/h2-3,7-8H,4-5H2,1H3,(H,16,17)/t7?,8-,10-/m0/s1/i2D,3D. The highest BCUT2D eigenvalue weighted by molar-refractivity contribution is 7.93. The van der Waals surface area contributed by atoms with Crippen molar-refractivity contribution < 1.29 is 25.9 Å². The fraction of sp³-hybridized carbons (Fsp3) is 0.600. The molecule has 20 heavy (non-hydrogen) atoms. The lowest BCUT2D eigenvalue weighted by atomic mass is 9.96. The summed E-state index contributed by atoms with van der Waals surface area (Å²) < 4.78 is 39.2. The van der Waals surface area contributed by atoms with Gasteiger partial charge in [-0.15, -0.1) is 5.10 Å². The van der Waals surface area contributed by atoms with E-state index in [-0.39, 0.29) is 6.42 Å². The van der Waals surface area contributed by atoms with Crippen LogP contribution in [0.15, 0.2) is 12.3 Å². The number of fused-ring (bicyclic) bond motifs is 1. The van der Waals surface area contributed by atoms with Crippen LogP contribution in [0.2, 0.25) is 0 Å². The summed E-state index contributed by atoms with van der Waals surface area (Å²) in [6.45, 7) is 0.759. The molecule has 0 spiro atoms. The van der Waals surface area contributed by atoms with Gasteiger partial charge in [-0.05, 0) is 6.92 Å². The fourth-order valence-electron chi connectivity index (χ4n) is 2.84. The number of amides is 1. The van der Waals surface area contributed by atoms with Crippen LogP contribution in [0.3, 0.4) is 0 Å². The van der Waals surface area contributed by atoms with Gasteiger partial charge in [-0.3, -0.25) is 9.48 Å². The molecule has 9 nitrogen and oxygen atoms in total. The van der Waals surface area contributed by atoms with Crippen LogP contribution in [0.4, 0.5) is 0 Å². The Kier molecular flexibility index (Phi) is 2.04. The van der Waals surface area contributed by atoms with Crippen LogP contribution in [0, 0.1) is 0 Å². The SMILES string of the molecule is [2H]c1nnn(C[C@@]2(C)[C@H](C(=O)O)N3C(=O)CC3S2(=O)=O)c1[2H]. The van der Waals surface area contributed by atoms with Crippen LogP contribution in [0.25, 0.3) is 0 Å². The van der Waals surface area contributed by atoms with Crippen LogP contribution in [-0.2, 0) is 26.0 Å². The zero-order chi connectivity index (χ0) is 16.4. The Morgan fingerprint density at radius 1 is 1.70 bits per heavy atom. The van der Waals surface area contributed by atoms with E-state index in [1.807, 2.05) is 0 Å². The minimum Gasteiger partial charge on any atom is -0.480 e. The number of carboxylic acid groups (broad SMARTS) is 1. The van der Waals surface area contributed by atoms with E-state index in [1.165, 1.54) is 6.92 Å². The van der Waals surface area contributed by atoms with Gasteiger partial charge in [0.05, 0.1) is 21.9 Å². The molecule has 3 heterocycles. The third kappa shape index (κ3) is 1.39. The summed E-state index contributed by atoms with van der Waals surface area (Å²) in [6.07, 6.45) is -1.09. The van der Waals surface area contributed by atoms with E-state index in [2.05, 4.69) is 10.3 Å². The fourth-order valence-corrected chi connectivity index (χ4v) is 5.18. The highest BCUT2D eigenvalue weighted by Crippen LogP contribution is 2.46. The van der Waals surface area contributed by atoms with Crippen LogP contribution in [0.5, 0.6) is 0 Å². The van der Waals surface area contributed by atoms with E-state index in [0.717, 1.165) is 9.58 Å². The molecule has 2 aliphatic rings. The van der Waals surface area contributed by atoms with Gasteiger partial charge in [-0.2, -0.15) is 0 Å². The molecule has 1 amide bonds. The Balaban J connectivity index is 2.10. The first-order valence-corrected chi connectivity index (χ1v) is 7.30. The second kappa shape index (κ2) is 3.78. The van der Waals surface area contributed by atoms with Crippen molar-refractivity contribution in [3.8, 4) is 0 Å². The molecule has 2 fully saturated rings. The number of aliphatic carboxylic acids is 1. The molecule has 1 unspecified atom stereocenters. The summed E-state index contributed by atoms with van der Waals surface area (Å²) in [5.41, 5.74) is 0. The van der Waals surface area contributed by atoms with E-state index < -0.39 is 56.8 Å². The van der Waals surface area contributed by atoms with Crippen molar-refractivity contribution in [3.63, 3.8) is 0 Å². The molecule has 108 valence electrons. The van der Waals surface area contributed by atoms with Gasteiger partial charge in [-0.25, -0.2) is 13.2 Å². The largest absolute Gasteiger partial charge is 0.480 e. The number of carbonyl (C=O) groups excluding carboxylic acids is 1. The van der Waals surface area contributed by atoms with Crippen molar-refractivity contribution in [1.29, 1.82) is 0 Å². The maximum absolute atomic E-state index is 12.6. The molecule has 0 aliphatic carbocycles.